The molecule has 0 radical (unpaired) electrons. The average Bonchev–Trinajstić information content (AvgIpc) is 2.59. The number of rotatable bonds is 4. The van der Waals surface area contributed by atoms with Gasteiger partial charge in [0.2, 0.25) is 5.95 Å². The van der Waals surface area contributed by atoms with E-state index in [1.165, 1.54) is 24.3 Å². The molecular formula is C15H17N5O5S. The molecule has 0 atom stereocenters. The third-order valence-electron chi connectivity index (χ3n) is 3.13. The predicted molar refractivity (Wildman–Crippen MR) is 92.5 cm³/mol. The number of aryl methyl sites for hydroxylation is 2. The van der Waals surface area contributed by atoms with Crippen LogP contribution in [0.2, 0.25) is 0 Å². The highest BCUT2D eigenvalue weighted by atomic mass is 32.2. The molecular weight excluding hydrogens is 362 g/mol. The molecule has 0 aliphatic rings. The number of carbonyl (C=O) groups is 1. The first kappa shape index (κ1) is 19.1. The number of guanidine groups is 1. The number of carbonyl (C=O) groups excluding carboxylic acids is 1. The first-order chi connectivity index (χ1) is 12.3. The lowest BCUT2D eigenvalue weighted by Gasteiger charge is -2.13. The molecule has 0 aliphatic heterocycles. The van der Waals surface area contributed by atoms with E-state index in [-0.39, 0.29) is 16.4 Å². The maximum absolute atomic E-state index is 12.6. The molecule has 0 amide bonds. The summed E-state index contributed by atoms with van der Waals surface area (Å²) in [7, 11) is -3.12. The van der Waals surface area contributed by atoms with Crippen LogP contribution in [-0.4, -0.2) is 42.6 Å². The number of ether oxygens (including phenoxy) is 1. The minimum absolute atomic E-state index is 0.0410. The first-order valence-electron chi connectivity index (χ1n) is 7.28. The van der Waals surface area contributed by atoms with Crippen LogP contribution in [0.1, 0.15) is 21.7 Å². The van der Waals surface area contributed by atoms with Gasteiger partial charge in [-0.2, -0.15) is 0 Å². The van der Waals surface area contributed by atoms with Gasteiger partial charge in [0.05, 0.1) is 12.7 Å². The standard InChI is InChI=1S/C15H17N5O5S/c1-9-8-10(2)17-14(16-9)18-15(19-22)20-26(23,24)12-7-5-4-6-11(12)13(21)25-3/h4-8,22H,1-3H3,(H2,16,17,18,19,20). The molecule has 138 valence electrons. The molecule has 2 rings (SSSR count). The zero-order valence-corrected chi connectivity index (χ0v) is 15.0. The first-order valence-corrected chi connectivity index (χ1v) is 8.76. The van der Waals surface area contributed by atoms with E-state index in [9.17, 15) is 13.2 Å². The molecule has 26 heavy (non-hydrogen) atoms. The summed E-state index contributed by atoms with van der Waals surface area (Å²) >= 11 is 0. The second-order valence-corrected chi connectivity index (χ2v) is 6.79. The smallest absolute Gasteiger partial charge is 0.339 e. The molecule has 0 spiro atoms. The fourth-order valence-corrected chi connectivity index (χ4v) is 3.28. The van der Waals surface area contributed by atoms with Crippen LogP contribution in [0, 0.1) is 13.8 Å². The maximum atomic E-state index is 12.6. The summed E-state index contributed by atoms with van der Waals surface area (Å²) in [4.78, 5) is 19.6. The van der Waals surface area contributed by atoms with E-state index in [0.717, 1.165) is 7.11 Å². The Kier molecular flexibility index (Phi) is 5.72. The van der Waals surface area contributed by atoms with Gasteiger partial charge in [0.25, 0.3) is 16.0 Å². The molecule has 2 aromatic rings. The largest absolute Gasteiger partial charge is 0.465 e. The zero-order chi connectivity index (χ0) is 19.3. The molecule has 0 saturated carbocycles. The summed E-state index contributed by atoms with van der Waals surface area (Å²) in [5.41, 5.74) is 1.11. The quantitative estimate of drug-likeness (QED) is 0.235. The molecule has 10 nitrogen and oxygen atoms in total. The van der Waals surface area contributed by atoms with E-state index in [4.69, 9.17) is 5.21 Å². The van der Waals surface area contributed by atoms with Crippen molar-refractivity contribution >= 4 is 27.9 Å². The lowest BCUT2D eigenvalue weighted by atomic mass is 10.2. The van der Waals surface area contributed by atoms with E-state index in [0.29, 0.717) is 11.4 Å². The van der Waals surface area contributed by atoms with E-state index in [1.54, 1.807) is 19.9 Å². The number of benzene rings is 1. The summed E-state index contributed by atoms with van der Waals surface area (Å²) in [5.74, 6) is -1.31. The Hall–Kier alpha value is -3.21. The van der Waals surface area contributed by atoms with E-state index < -0.39 is 22.0 Å². The van der Waals surface area contributed by atoms with Crippen molar-refractivity contribution in [2.45, 2.75) is 18.7 Å². The van der Waals surface area contributed by atoms with Crippen molar-refractivity contribution in [1.82, 2.24) is 14.7 Å². The number of methoxy groups -OCH3 is 1. The van der Waals surface area contributed by atoms with Crippen LogP contribution in [0.3, 0.4) is 0 Å². The Morgan fingerprint density at radius 2 is 1.81 bits per heavy atom. The Labute approximate surface area is 150 Å². The van der Waals surface area contributed by atoms with Gasteiger partial charge >= 0.3 is 5.97 Å². The molecule has 0 unspecified atom stereocenters. The van der Waals surface area contributed by atoms with Gasteiger partial charge in [-0.05, 0) is 32.0 Å². The molecule has 0 bridgehead atoms. The number of oxime groups is 1. The van der Waals surface area contributed by atoms with Crippen LogP contribution >= 0.6 is 0 Å². The summed E-state index contributed by atoms with van der Waals surface area (Å²) in [5, 5.41) is 14.4. The van der Waals surface area contributed by atoms with Crippen LogP contribution < -0.4 is 10.0 Å². The van der Waals surface area contributed by atoms with Gasteiger partial charge in [0, 0.05) is 11.4 Å². The zero-order valence-electron chi connectivity index (χ0n) is 14.2. The van der Waals surface area contributed by atoms with Crippen LogP contribution in [0.4, 0.5) is 5.95 Å². The predicted octanol–water partition coefficient (Wildman–Crippen LogP) is 1.02. The second-order valence-electron chi connectivity index (χ2n) is 5.14. The maximum Gasteiger partial charge on any atom is 0.339 e. The Morgan fingerprint density at radius 3 is 2.38 bits per heavy atom. The number of nitrogens with zero attached hydrogens (tertiary/aromatic N) is 3. The molecule has 0 aliphatic carbocycles. The topological polar surface area (TPSA) is 143 Å². The summed E-state index contributed by atoms with van der Waals surface area (Å²) in [6.45, 7) is 3.46. The van der Waals surface area contributed by atoms with Gasteiger partial charge in [-0.3, -0.25) is 5.32 Å². The summed E-state index contributed by atoms with van der Waals surface area (Å²) < 4.78 is 31.8. The van der Waals surface area contributed by atoms with Crippen LogP contribution in [0.25, 0.3) is 0 Å². The van der Waals surface area contributed by atoms with Gasteiger partial charge in [-0.15, -0.1) is 0 Å². The lowest BCUT2D eigenvalue weighted by molar-refractivity contribution is 0.0596. The molecule has 1 aromatic carbocycles. The van der Waals surface area contributed by atoms with Crippen molar-refractivity contribution < 1.29 is 23.2 Å². The van der Waals surface area contributed by atoms with E-state index >= 15 is 0 Å². The molecule has 3 N–H and O–H groups in total. The van der Waals surface area contributed by atoms with Gasteiger partial charge in [-0.1, -0.05) is 17.3 Å². The van der Waals surface area contributed by atoms with E-state index in [2.05, 4.69) is 25.2 Å². The number of sulfonamides is 1. The monoisotopic (exact) mass is 379 g/mol. The minimum Gasteiger partial charge on any atom is -0.465 e. The van der Waals surface area contributed by atoms with Crippen LogP contribution in [0.5, 0.6) is 0 Å². The number of esters is 1. The molecule has 1 heterocycles. The molecule has 11 heteroatoms. The number of anilines is 1. The van der Waals surface area contributed by atoms with Gasteiger partial charge in [0.1, 0.15) is 4.90 Å². The normalized spacial score (nSPS) is 11.7. The van der Waals surface area contributed by atoms with Crippen molar-refractivity contribution in [2.75, 3.05) is 12.4 Å². The third-order valence-corrected chi connectivity index (χ3v) is 4.52. The summed E-state index contributed by atoms with van der Waals surface area (Å²) in [6, 6.07) is 7.18. The number of nitrogens with one attached hydrogen (secondary N) is 2. The minimum atomic E-state index is -4.26. The van der Waals surface area contributed by atoms with Gasteiger partial charge in [0.15, 0.2) is 0 Å². The number of aromatic nitrogens is 2. The Balaban J connectivity index is 2.31. The highest BCUT2D eigenvalue weighted by Gasteiger charge is 2.24. The summed E-state index contributed by atoms with van der Waals surface area (Å²) in [6.07, 6.45) is 0. The third kappa shape index (κ3) is 4.45. The highest BCUT2D eigenvalue weighted by Crippen LogP contribution is 2.16. The van der Waals surface area contributed by atoms with Crippen molar-refractivity contribution in [1.29, 1.82) is 0 Å². The second kappa shape index (κ2) is 7.78. The molecule has 0 fully saturated rings. The molecule has 1 aromatic heterocycles. The SMILES string of the molecule is COC(=O)c1ccccc1S(=O)(=O)NC(=NO)Nc1nc(C)cc(C)n1. The van der Waals surface area contributed by atoms with Gasteiger partial charge < -0.3 is 9.94 Å². The number of hydrogen-bond acceptors (Lipinski definition) is 8. The van der Waals surface area contributed by atoms with E-state index in [1.807, 2.05) is 4.72 Å². The van der Waals surface area contributed by atoms with Crippen LogP contribution in [-0.2, 0) is 14.8 Å². The Morgan fingerprint density at radius 1 is 1.19 bits per heavy atom. The number of hydrogen-bond donors (Lipinski definition) is 3. The van der Waals surface area contributed by atoms with Crippen molar-refractivity contribution in [3.63, 3.8) is 0 Å². The van der Waals surface area contributed by atoms with Crippen molar-refractivity contribution in [3.05, 3.63) is 47.3 Å². The average molecular weight is 379 g/mol. The van der Waals surface area contributed by atoms with Crippen LogP contribution in [0.15, 0.2) is 40.4 Å². The Bertz CT molecular complexity index is 938. The fourth-order valence-electron chi connectivity index (χ4n) is 2.12. The molecule has 0 saturated heterocycles. The van der Waals surface area contributed by atoms with Crippen molar-refractivity contribution in [2.24, 2.45) is 5.16 Å². The van der Waals surface area contributed by atoms with Crippen molar-refractivity contribution in [3.8, 4) is 0 Å². The fraction of sp³-hybridized carbons (Fsp3) is 0.200. The lowest BCUT2D eigenvalue weighted by Crippen LogP contribution is -2.37. The highest BCUT2D eigenvalue weighted by molar-refractivity contribution is 7.90. The van der Waals surface area contributed by atoms with Gasteiger partial charge in [-0.25, -0.2) is 27.9 Å².